The Morgan fingerprint density at radius 3 is 2.46 bits per heavy atom. The van der Waals surface area contributed by atoms with Crippen LogP contribution in [0.2, 0.25) is 0 Å². The predicted octanol–water partition coefficient (Wildman–Crippen LogP) is 6.24. The Morgan fingerprint density at radius 2 is 1.74 bits per heavy atom. The number of amides is 1. The number of nitrogens with one attached hydrogen (secondary N) is 1. The Labute approximate surface area is 205 Å². The van der Waals surface area contributed by atoms with E-state index in [0.717, 1.165) is 44.7 Å². The van der Waals surface area contributed by atoms with E-state index in [1.807, 2.05) is 74.5 Å². The zero-order chi connectivity index (χ0) is 24.8. The largest absolute Gasteiger partial charge is 0.496 e. The van der Waals surface area contributed by atoms with Crippen molar-refractivity contribution in [1.82, 2.24) is 5.32 Å². The van der Waals surface area contributed by atoms with Crippen molar-refractivity contribution in [2.45, 2.75) is 20.4 Å². The van der Waals surface area contributed by atoms with Crippen LogP contribution in [0.15, 0.2) is 77.4 Å². The molecule has 0 aliphatic carbocycles. The van der Waals surface area contributed by atoms with E-state index in [-0.39, 0.29) is 5.91 Å². The molecule has 1 amide bonds. The third-order valence-corrected chi connectivity index (χ3v) is 5.79. The van der Waals surface area contributed by atoms with E-state index in [2.05, 4.69) is 5.32 Å². The van der Waals surface area contributed by atoms with Gasteiger partial charge in [-0.1, -0.05) is 30.3 Å². The average molecular weight is 472 g/mol. The maximum Gasteiger partial charge on any atom is 0.244 e. The molecule has 1 aromatic heterocycles. The summed E-state index contributed by atoms with van der Waals surface area (Å²) in [6.07, 6.45) is 3.32. The highest BCUT2D eigenvalue weighted by Gasteiger charge is 2.15. The highest BCUT2D eigenvalue weighted by atomic mass is 16.5. The van der Waals surface area contributed by atoms with E-state index in [4.69, 9.17) is 18.6 Å². The van der Waals surface area contributed by atoms with Gasteiger partial charge in [-0.3, -0.25) is 4.79 Å². The van der Waals surface area contributed by atoms with Gasteiger partial charge in [0.25, 0.3) is 0 Å². The van der Waals surface area contributed by atoms with Gasteiger partial charge >= 0.3 is 0 Å². The normalized spacial score (nSPS) is 11.4. The van der Waals surface area contributed by atoms with Crippen LogP contribution in [-0.2, 0) is 11.3 Å². The van der Waals surface area contributed by atoms with Gasteiger partial charge in [-0.2, -0.15) is 0 Å². The maximum atomic E-state index is 12.7. The summed E-state index contributed by atoms with van der Waals surface area (Å²) in [5.74, 6) is 2.00. The van der Waals surface area contributed by atoms with Crippen LogP contribution >= 0.6 is 0 Å². The van der Waals surface area contributed by atoms with Gasteiger partial charge in [-0.05, 0) is 49.2 Å². The number of carbonyl (C=O) groups is 1. The van der Waals surface area contributed by atoms with Crippen LogP contribution in [-0.4, -0.2) is 26.7 Å². The second-order valence-corrected chi connectivity index (χ2v) is 8.01. The number of furan rings is 1. The van der Waals surface area contributed by atoms with E-state index >= 15 is 0 Å². The molecule has 0 spiro atoms. The molecule has 0 aliphatic heterocycles. The molecule has 0 unspecified atom stereocenters. The summed E-state index contributed by atoms with van der Waals surface area (Å²) in [5, 5.41) is 3.87. The number of hydrogen-bond acceptors (Lipinski definition) is 5. The SMILES string of the molecule is CCOc1ccc(-c2coc3cc(OC)c(/C(C)=C/C(=O)NCc4ccccc4OC)cc23)cc1. The van der Waals surface area contributed by atoms with Crippen molar-refractivity contribution in [2.24, 2.45) is 0 Å². The molecule has 0 fully saturated rings. The van der Waals surface area contributed by atoms with Gasteiger partial charge in [0.2, 0.25) is 5.91 Å². The van der Waals surface area contributed by atoms with Crippen LogP contribution in [0.25, 0.3) is 27.7 Å². The molecule has 3 aromatic carbocycles. The van der Waals surface area contributed by atoms with Gasteiger partial charge in [-0.25, -0.2) is 0 Å². The van der Waals surface area contributed by atoms with Crippen LogP contribution in [0, 0.1) is 0 Å². The molecule has 6 heteroatoms. The minimum absolute atomic E-state index is 0.200. The van der Waals surface area contributed by atoms with Crippen molar-refractivity contribution in [2.75, 3.05) is 20.8 Å². The molecule has 4 aromatic rings. The Morgan fingerprint density at radius 1 is 1.00 bits per heavy atom. The van der Waals surface area contributed by atoms with Crippen LogP contribution in [0.5, 0.6) is 17.2 Å². The molecule has 1 N–H and O–H groups in total. The number of ether oxygens (including phenoxy) is 3. The molecule has 1 heterocycles. The van der Waals surface area contributed by atoms with Crippen LogP contribution in [0.1, 0.15) is 25.0 Å². The standard InChI is InChI=1S/C29H29NO5/c1-5-34-22-12-10-20(11-13-22)25-18-35-28-16-27(33-4)23(15-24(25)28)19(2)14-29(31)30-17-21-8-6-7-9-26(21)32-3/h6-16,18H,5,17H2,1-4H3,(H,30,31)/b19-14+. The fourth-order valence-electron chi connectivity index (χ4n) is 4.01. The number of methoxy groups -OCH3 is 2. The molecular weight excluding hydrogens is 442 g/mol. The maximum absolute atomic E-state index is 12.7. The number of carbonyl (C=O) groups excluding carboxylic acids is 1. The zero-order valence-electron chi connectivity index (χ0n) is 20.4. The summed E-state index contributed by atoms with van der Waals surface area (Å²) in [6.45, 7) is 4.84. The third kappa shape index (κ3) is 5.32. The molecule has 0 atom stereocenters. The Bertz CT molecular complexity index is 1350. The average Bonchev–Trinajstić information content (AvgIpc) is 3.30. The molecule has 4 rings (SSSR count). The Kier molecular flexibility index (Phi) is 7.41. The summed E-state index contributed by atoms with van der Waals surface area (Å²) in [6, 6.07) is 19.4. The number of benzene rings is 3. The summed E-state index contributed by atoms with van der Waals surface area (Å²) in [4.78, 5) is 12.7. The highest BCUT2D eigenvalue weighted by Crippen LogP contribution is 2.37. The predicted molar refractivity (Wildman–Crippen MR) is 138 cm³/mol. The second kappa shape index (κ2) is 10.8. The molecule has 35 heavy (non-hydrogen) atoms. The summed E-state index contributed by atoms with van der Waals surface area (Å²) < 4.78 is 22.3. The van der Waals surface area contributed by atoms with Crippen LogP contribution < -0.4 is 19.5 Å². The van der Waals surface area contributed by atoms with Gasteiger partial charge in [0, 0.05) is 40.8 Å². The lowest BCUT2D eigenvalue weighted by Gasteiger charge is -2.11. The van der Waals surface area contributed by atoms with E-state index < -0.39 is 0 Å². The molecule has 0 saturated carbocycles. The molecule has 0 saturated heterocycles. The second-order valence-electron chi connectivity index (χ2n) is 8.01. The third-order valence-electron chi connectivity index (χ3n) is 5.79. The number of rotatable bonds is 9. The first-order chi connectivity index (χ1) is 17.0. The van der Waals surface area contributed by atoms with E-state index in [9.17, 15) is 4.79 Å². The lowest BCUT2D eigenvalue weighted by atomic mass is 9.99. The van der Waals surface area contributed by atoms with Crippen molar-refractivity contribution in [3.63, 3.8) is 0 Å². The molecule has 180 valence electrons. The summed E-state index contributed by atoms with van der Waals surface area (Å²) in [5.41, 5.74) is 5.19. The van der Waals surface area contributed by atoms with E-state index in [0.29, 0.717) is 24.5 Å². The van der Waals surface area contributed by atoms with Crippen molar-refractivity contribution in [3.8, 4) is 28.4 Å². The fourth-order valence-corrected chi connectivity index (χ4v) is 4.01. The summed E-state index contributed by atoms with van der Waals surface area (Å²) in [7, 11) is 3.22. The fraction of sp³-hybridized carbons (Fsp3) is 0.207. The molecule has 0 radical (unpaired) electrons. The van der Waals surface area contributed by atoms with Crippen molar-refractivity contribution < 1.29 is 23.4 Å². The lowest BCUT2D eigenvalue weighted by molar-refractivity contribution is -0.116. The number of fused-ring (bicyclic) bond motifs is 1. The topological polar surface area (TPSA) is 69.9 Å². The first-order valence-electron chi connectivity index (χ1n) is 11.4. The smallest absolute Gasteiger partial charge is 0.244 e. The Balaban J connectivity index is 1.61. The lowest BCUT2D eigenvalue weighted by Crippen LogP contribution is -2.21. The first-order valence-corrected chi connectivity index (χ1v) is 11.4. The van der Waals surface area contributed by atoms with Gasteiger partial charge in [0.05, 0.1) is 27.1 Å². The van der Waals surface area contributed by atoms with Crippen molar-refractivity contribution in [3.05, 3.63) is 84.1 Å². The van der Waals surface area contributed by atoms with E-state index in [1.165, 1.54) is 0 Å². The molecule has 0 bridgehead atoms. The van der Waals surface area contributed by atoms with Gasteiger partial charge in [0.15, 0.2) is 0 Å². The highest BCUT2D eigenvalue weighted by molar-refractivity contribution is 6.00. The minimum atomic E-state index is -0.200. The monoisotopic (exact) mass is 471 g/mol. The summed E-state index contributed by atoms with van der Waals surface area (Å²) >= 11 is 0. The van der Waals surface area contributed by atoms with Crippen LogP contribution in [0.4, 0.5) is 0 Å². The molecule has 6 nitrogen and oxygen atoms in total. The molecular formula is C29H29NO5. The van der Waals surface area contributed by atoms with Crippen molar-refractivity contribution >= 4 is 22.4 Å². The van der Waals surface area contributed by atoms with E-state index in [1.54, 1.807) is 26.6 Å². The first kappa shape index (κ1) is 24.0. The Hall–Kier alpha value is -4.19. The van der Waals surface area contributed by atoms with Gasteiger partial charge in [-0.15, -0.1) is 0 Å². The number of para-hydroxylation sites is 1. The van der Waals surface area contributed by atoms with Gasteiger partial charge < -0.3 is 23.9 Å². The molecule has 0 aliphatic rings. The number of allylic oxidation sites excluding steroid dienone is 1. The minimum Gasteiger partial charge on any atom is -0.496 e. The van der Waals surface area contributed by atoms with Crippen LogP contribution in [0.3, 0.4) is 0 Å². The quantitative estimate of drug-likeness (QED) is 0.293. The number of hydrogen-bond donors (Lipinski definition) is 1. The van der Waals surface area contributed by atoms with Gasteiger partial charge in [0.1, 0.15) is 22.8 Å². The zero-order valence-corrected chi connectivity index (χ0v) is 20.4. The van der Waals surface area contributed by atoms with Crippen molar-refractivity contribution in [1.29, 1.82) is 0 Å².